The van der Waals surface area contributed by atoms with E-state index in [2.05, 4.69) is 4.99 Å². The van der Waals surface area contributed by atoms with Gasteiger partial charge in [-0.25, -0.2) is 14.5 Å². The normalized spacial score (nSPS) is 14.2. The number of methoxy groups -OCH3 is 1. The van der Waals surface area contributed by atoms with Crippen LogP contribution in [0.3, 0.4) is 0 Å². The van der Waals surface area contributed by atoms with Crippen molar-refractivity contribution >= 4 is 35.0 Å². The standard InChI is InChI=1S/C35H29N5O8S/c1-5-47-34(43)30-20(2)36-35-39(32(30)23-14-15-27(48-21(3)41)28(17-23)46-4)33(42)29(49-35)18-24-19-38(25-11-7-6-8-12-25)37-31(24)22-10-9-13-26(16-22)40(44)45/h6-19,32H,5H2,1-4H3/b29-18+/t32-/m1/s1. The lowest BCUT2D eigenvalue weighted by Crippen LogP contribution is -2.40. The number of ether oxygens (including phenoxy) is 3. The molecule has 0 N–H and O–H groups in total. The van der Waals surface area contributed by atoms with Gasteiger partial charge in [-0.05, 0) is 49.8 Å². The van der Waals surface area contributed by atoms with E-state index in [1.807, 2.05) is 30.3 Å². The molecule has 2 aromatic heterocycles. The summed E-state index contributed by atoms with van der Waals surface area (Å²) in [6.07, 6.45) is 3.41. The number of thiazole rings is 1. The minimum Gasteiger partial charge on any atom is -0.493 e. The molecule has 3 aromatic carbocycles. The number of esters is 2. The van der Waals surface area contributed by atoms with Gasteiger partial charge in [-0.3, -0.25) is 24.3 Å². The van der Waals surface area contributed by atoms with Gasteiger partial charge in [0.2, 0.25) is 0 Å². The predicted molar refractivity (Wildman–Crippen MR) is 180 cm³/mol. The van der Waals surface area contributed by atoms with Crippen molar-refractivity contribution in [3.8, 4) is 28.4 Å². The lowest BCUT2D eigenvalue weighted by Gasteiger charge is -2.25. The highest BCUT2D eigenvalue weighted by atomic mass is 32.1. The summed E-state index contributed by atoms with van der Waals surface area (Å²) in [5.74, 6) is -0.776. The van der Waals surface area contributed by atoms with Crippen LogP contribution in [0.25, 0.3) is 23.0 Å². The maximum absolute atomic E-state index is 14.4. The van der Waals surface area contributed by atoms with E-state index in [9.17, 15) is 24.5 Å². The summed E-state index contributed by atoms with van der Waals surface area (Å²) in [5.41, 5.74) is 2.66. The van der Waals surface area contributed by atoms with E-state index in [1.54, 1.807) is 55.1 Å². The number of allylic oxidation sites excluding steroid dienone is 1. The zero-order valence-corrected chi connectivity index (χ0v) is 27.6. The summed E-state index contributed by atoms with van der Waals surface area (Å²) in [4.78, 5) is 55.5. The predicted octanol–water partition coefficient (Wildman–Crippen LogP) is 4.49. The second-order valence-corrected chi connectivity index (χ2v) is 11.8. The summed E-state index contributed by atoms with van der Waals surface area (Å²) in [5, 5.41) is 16.3. The minimum atomic E-state index is -0.957. The molecule has 0 bridgehead atoms. The largest absolute Gasteiger partial charge is 0.493 e. The lowest BCUT2D eigenvalue weighted by atomic mass is 9.95. The van der Waals surface area contributed by atoms with E-state index in [1.165, 1.54) is 36.8 Å². The third kappa shape index (κ3) is 6.41. The quantitative estimate of drug-likeness (QED) is 0.0948. The van der Waals surface area contributed by atoms with E-state index >= 15 is 0 Å². The molecule has 0 saturated heterocycles. The van der Waals surface area contributed by atoms with Gasteiger partial charge in [-0.1, -0.05) is 47.7 Å². The first-order chi connectivity index (χ1) is 23.6. The molecule has 49 heavy (non-hydrogen) atoms. The van der Waals surface area contributed by atoms with Crippen LogP contribution in [0.15, 0.2) is 100 Å². The Hall–Kier alpha value is -6.15. The second-order valence-electron chi connectivity index (χ2n) is 10.8. The van der Waals surface area contributed by atoms with Crippen molar-refractivity contribution in [1.82, 2.24) is 14.3 Å². The highest BCUT2D eigenvalue weighted by molar-refractivity contribution is 7.07. The topological polar surface area (TPSA) is 157 Å². The van der Waals surface area contributed by atoms with Crippen molar-refractivity contribution in [3.05, 3.63) is 131 Å². The monoisotopic (exact) mass is 679 g/mol. The number of nitro benzene ring substituents is 1. The van der Waals surface area contributed by atoms with Crippen LogP contribution >= 0.6 is 11.3 Å². The molecule has 0 fully saturated rings. The van der Waals surface area contributed by atoms with E-state index in [0.717, 1.165) is 17.0 Å². The van der Waals surface area contributed by atoms with Crippen LogP contribution in [0.2, 0.25) is 0 Å². The number of para-hydroxylation sites is 1. The van der Waals surface area contributed by atoms with Gasteiger partial charge in [0.15, 0.2) is 16.3 Å². The Labute approximate surface area is 282 Å². The number of hydrogen-bond acceptors (Lipinski definition) is 11. The number of carbonyl (C=O) groups is 2. The van der Waals surface area contributed by atoms with Gasteiger partial charge in [0, 0.05) is 36.4 Å². The molecule has 1 aliphatic rings. The van der Waals surface area contributed by atoms with Gasteiger partial charge in [0.1, 0.15) is 5.69 Å². The van der Waals surface area contributed by atoms with E-state index < -0.39 is 28.5 Å². The number of benzene rings is 3. The molecular formula is C35H29N5O8S. The highest BCUT2D eigenvalue weighted by Gasteiger charge is 2.34. The zero-order valence-electron chi connectivity index (χ0n) is 26.8. The van der Waals surface area contributed by atoms with Crippen molar-refractivity contribution in [2.75, 3.05) is 13.7 Å². The molecule has 1 aliphatic heterocycles. The Balaban J connectivity index is 1.57. The van der Waals surface area contributed by atoms with Crippen molar-refractivity contribution in [1.29, 1.82) is 0 Å². The highest BCUT2D eigenvalue weighted by Crippen LogP contribution is 2.36. The van der Waals surface area contributed by atoms with Crippen molar-refractivity contribution in [2.24, 2.45) is 4.99 Å². The number of carbonyl (C=O) groups excluding carboxylic acids is 2. The Morgan fingerprint density at radius 3 is 2.53 bits per heavy atom. The smallest absolute Gasteiger partial charge is 0.338 e. The van der Waals surface area contributed by atoms with Gasteiger partial charge in [-0.15, -0.1) is 0 Å². The zero-order chi connectivity index (χ0) is 34.8. The van der Waals surface area contributed by atoms with Crippen LogP contribution in [-0.4, -0.2) is 44.9 Å². The summed E-state index contributed by atoms with van der Waals surface area (Å²) < 4.78 is 19.5. The molecule has 5 aromatic rings. The molecule has 14 heteroatoms. The molecular weight excluding hydrogens is 650 g/mol. The van der Waals surface area contributed by atoms with Crippen molar-refractivity contribution < 1.29 is 28.7 Å². The van der Waals surface area contributed by atoms with Crippen LogP contribution in [0, 0.1) is 10.1 Å². The Kier molecular flexibility index (Phi) is 9.05. The van der Waals surface area contributed by atoms with E-state index in [0.29, 0.717) is 32.9 Å². The van der Waals surface area contributed by atoms with Crippen LogP contribution in [-0.2, 0) is 14.3 Å². The molecule has 0 unspecified atom stereocenters. The third-order valence-electron chi connectivity index (χ3n) is 7.65. The first kappa shape index (κ1) is 32.8. The fraction of sp³-hybridized carbons (Fsp3) is 0.171. The van der Waals surface area contributed by atoms with Gasteiger partial charge in [0.05, 0.1) is 46.2 Å². The van der Waals surface area contributed by atoms with Gasteiger partial charge >= 0.3 is 11.9 Å². The average molecular weight is 680 g/mol. The third-order valence-corrected chi connectivity index (χ3v) is 8.64. The van der Waals surface area contributed by atoms with Gasteiger partial charge in [-0.2, -0.15) is 5.10 Å². The molecule has 0 saturated carbocycles. The number of rotatable bonds is 9. The number of hydrogen-bond donors (Lipinski definition) is 0. The minimum absolute atomic E-state index is 0.103. The molecule has 6 rings (SSSR count). The fourth-order valence-electron chi connectivity index (χ4n) is 5.54. The molecule has 0 spiro atoms. The Morgan fingerprint density at radius 1 is 1.06 bits per heavy atom. The molecule has 0 radical (unpaired) electrons. The summed E-state index contributed by atoms with van der Waals surface area (Å²) >= 11 is 1.12. The maximum atomic E-state index is 14.4. The molecule has 3 heterocycles. The van der Waals surface area contributed by atoms with Crippen molar-refractivity contribution in [3.63, 3.8) is 0 Å². The SMILES string of the molecule is CCOC(=O)C1=C(C)N=c2s/c(=C/c3cn(-c4ccccc4)nc3-c3cccc([N+](=O)[O-])c3)c(=O)n2[C@@H]1c1ccc(OC(C)=O)c(OC)c1. The summed E-state index contributed by atoms with van der Waals surface area (Å²) in [6, 6.07) is 19.3. The van der Waals surface area contributed by atoms with Gasteiger partial charge in [0.25, 0.3) is 11.2 Å². The number of fused-ring (bicyclic) bond motifs is 1. The van der Waals surface area contributed by atoms with Crippen LogP contribution < -0.4 is 24.4 Å². The molecule has 0 aliphatic carbocycles. The molecule has 1 atom stereocenters. The second kappa shape index (κ2) is 13.5. The number of non-ortho nitro benzene ring substituents is 1. The molecule has 0 amide bonds. The Morgan fingerprint density at radius 2 is 1.84 bits per heavy atom. The van der Waals surface area contributed by atoms with E-state index in [4.69, 9.17) is 19.3 Å². The van der Waals surface area contributed by atoms with Crippen LogP contribution in [0.1, 0.15) is 37.9 Å². The summed E-state index contributed by atoms with van der Waals surface area (Å²) in [7, 11) is 1.42. The first-order valence-corrected chi connectivity index (χ1v) is 15.9. The van der Waals surface area contributed by atoms with Crippen LogP contribution in [0.4, 0.5) is 5.69 Å². The van der Waals surface area contributed by atoms with Crippen LogP contribution in [0.5, 0.6) is 11.5 Å². The van der Waals surface area contributed by atoms with Gasteiger partial charge < -0.3 is 14.2 Å². The summed E-state index contributed by atoms with van der Waals surface area (Å²) in [6.45, 7) is 4.73. The molecule has 13 nitrogen and oxygen atoms in total. The number of aromatic nitrogens is 3. The van der Waals surface area contributed by atoms with E-state index in [-0.39, 0.29) is 33.9 Å². The number of nitrogens with zero attached hydrogens (tertiary/aromatic N) is 5. The lowest BCUT2D eigenvalue weighted by molar-refractivity contribution is -0.384. The number of nitro groups is 1. The first-order valence-electron chi connectivity index (χ1n) is 15.1. The fourth-order valence-corrected chi connectivity index (χ4v) is 6.58. The Bertz CT molecular complexity index is 2340. The average Bonchev–Trinajstić information content (AvgIpc) is 3.65. The van der Waals surface area contributed by atoms with Crippen molar-refractivity contribution in [2.45, 2.75) is 26.8 Å². The molecule has 248 valence electrons. The maximum Gasteiger partial charge on any atom is 0.338 e.